The molecule has 1 amide bonds. The first-order valence-electron chi connectivity index (χ1n) is 6.88. The molecule has 0 radical (unpaired) electrons. The Balaban J connectivity index is 1.73. The summed E-state index contributed by atoms with van der Waals surface area (Å²) in [6.45, 7) is -1.52. The van der Waals surface area contributed by atoms with Gasteiger partial charge in [0.15, 0.2) is 11.7 Å². The standard InChI is InChI=1S/C15H10F3N3O2S2/c16-15(17,18)8-23-13-9(3-1-5-19-13)12(22)21-14-20-10(7-25-14)11-4-2-6-24-11/h1-7H,8H2,(H,20,21,22). The molecule has 0 aliphatic carbocycles. The monoisotopic (exact) mass is 385 g/mol. The van der Waals surface area contributed by atoms with Crippen LogP contribution < -0.4 is 10.1 Å². The number of alkyl halides is 3. The highest BCUT2D eigenvalue weighted by Gasteiger charge is 2.29. The van der Waals surface area contributed by atoms with E-state index in [9.17, 15) is 18.0 Å². The number of ether oxygens (including phenoxy) is 1. The van der Waals surface area contributed by atoms with Gasteiger partial charge in [-0.15, -0.1) is 22.7 Å². The topological polar surface area (TPSA) is 64.1 Å². The van der Waals surface area contributed by atoms with E-state index in [0.717, 1.165) is 10.6 Å². The smallest absolute Gasteiger partial charge is 0.422 e. The molecule has 0 bridgehead atoms. The maximum Gasteiger partial charge on any atom is 0.422 e. The Bertz CT molecular complexity index is 863. The maximum absolute atomic E-state index is 12.3. The quantitative estimate of drug-likeness (QED) is 0.704. The second-order valence-corrected chi connectivity index (χ2v) is 6.54. The fourth-order valence-electron chi connectivity index (χ4n) is 1.86. The van der Waals surface area contributed by atoms with E-state index in [0.29, 0.717) is 5.13 Å². The van der Waals surface area contributed by atoms with Crippen molar-refractivity contribution >= 4 is 33.7 Å². The van der Waals surface area contributed by atoms with E-state index in [2.05, 4.69) is 20.0 Å². The van der Waals surface area contributed by atoms with Gasteiger partial charge in [0.2, 0.25) is 5.88 Å². The number of rotatable bonds is 5. The zero-order chi connectivity index (χ0) is 17.9. The van der Waals surface area contributed by atoms with E-state index < -0.39 is 18.7 Å². The van der Waals surface area contributed by atoms with Crippen LogP contribution in [0, 0.1) is 0 Å². The summed E-state index contributed by atoms with van der Waals surface area (Å²) < 4.78 is 41.5. The van der Waals surface area contributed by atoms with Gasteiger partial charge in [-0.3, -0.25) is 10.1 Å². The van der Waals surface area contributed by atoms with Crippen LogP contribution in [0.1, 0.15) is 10.4 Å². The first-order valence-corrected chi connectivity index (χ1v) is 8.63. The van der Waals surface area contributed by atoms with E-state index in [4.69, 9.17) is 0 Å². The first kappa shape index (κ1) is 17.4. The van der Waals surface area contributed by atoms with Crippen LogP contribution in [0.3, 0.4) is 0 Å². The van der Waals surface area contributed by atoms with E-state index >= 15 is 0 Å². The lowest BCUT2D eigenvalue weighted by molar-refractivity contribution is -0.154. The third kappa shape index (κ3) is 4.54. The molecule has 10 heteroatoms. The molecule has 5 nitrogen and oxygen atoms in total. The Morgan fingerprint density at radius 1 is 1.24 bits per heavy atom. The van der Waals surface area contributed by atoms with Gasteiger partial charge in [-0.1, -0.05) is 6.07 Å². The van der Waals surface area contributed by atoms with Crippen molar-refractivity contribution in [2.45, 2.75) is 6.18 Å². The van der Waals surface area contributed by atoms with Crippen molar-refractivity contribution in [3.05, 3.63) is 46.8 Å². The summed E-state index contributed by atoms with van der Waals surface area (Å²) in [6, 6.07) is 6.56. The molecule has 3 heterocycles. The number of nitrogens with zero attached hydrogens (tertiary/aromatic N) is 2. The average molecular weight is 385 g/mol. The second-order valence-electron chi connectivity index (χ2n) is 4.73. The number of nitrogens with one attached hydrogen (secondary N) is 1. The van der Waals surface area contributed by atoms with Gasteiger partial charge in [0, 0.05) is 11.6 Å². The Morgan fingerprint density at radius 3 is 2.80 bits per heavy atom. The molecule has 1 N–H and O–H groups in total. The second kappa shape index (κ2) is 7.19. The van der Waals surface area contributed by atoms with Crippen molar-refractivity contribution < 1.29 is 22.7 Å². The summed E-state index contributed by atoms with van der Waals surface area (Å²) in [5, 5.41) is 6.58. The molecule has 3 rings (SSSR count). The lowest BCUT2D eigenvalue weighted by Crippen LogP contribution is -2.21. The Kier molecular flexibility index (Phi) is 5.00. The van der Waals surface area contributed by atoms with Crippen LogP contribution in [0.25, 0.3) is 10.6 Å². The van der Waals surface area contributed by atoms with Crippen LogP contribution in [0.2, 0.25) is 0 Å². The van der Waals surface area contributed by atoms with Crippen LogP contribution in [0.5, 0.6) is 5.88 Å². The third-order valence-electron chi connectivity index (χ3n) is 2.89. The number of halogens is 3. The molecule has 0 fully saturated rings. The van der Waals surface area contributed by atoms with Crippen molar-refractivity contribution in [2.75, 3.05) is 11.9 Å². The number of carbonyl (C=O) groups excluding carboxylic acids is 1. The number of thiophene rings is 1. The zero-order valence-corrected chi connectivity index (χ0v) is 14.0. The molecule has 3 aromatic rings. The number of hydrogen-bond acceptors (Lipinski definition) is 6. The van der Waals surface area contributed by atoms with E-state index in [1.165, 1.54) is 41.0 Å². The normalized spacial score (nSPS) is 11.3. The molecule has 0 saturated carbocycles. The van der Waals surface area contributed by atoms with Crippen LogP contribution in [0.15, 0.2) is 41.2 Å². The van der Waals surface area contributed by atoms with Crippen LogP contribution in [-0.2, 0) is 0 Å². The summed E-state index contributed by atoms with van der Waals surface area (Å²) in [4.78, 5) is 21.2. The minimum absolute atomic E-state index is 0.0976. The molecular weight excluding hydrogens is 375 g/mol. The van der Waals surface area contributed by atoms with Crippen molar-refractivity contribution in [2.24, 2.45) is 0 Å². The van der Waals surface area contributed by atoms with Crippen LogP contribution in [0.4, 0.5) is 18.3 Å². The van der Waals surface area contributed by atoms with Gasteiger partial charge in [0.1, 0.15) is 5.56 Å². The van der Waals surface area contributed by atoms with Crippen molar-refractivity contribution in [1.29, 1.82) is 0 Å². The molecule has 0 saturated heterocycles. The minimum Gasteiger partial charge on any atom is -0.467 e. The van der Waals surface area contributed by atoms with Crippen molar-refractivity contribution in [3.8, 4) is 16.5 Å². The molecule has 3 aromatic heterocycles. The van der Waals surface area contributed by atoms with Gasteiger partial charge in [-0.2, -0.15) is 13.2 Å². The Morgan fingerprint density at radius 2 is 2.08 bits per heavy atom. The molecule has 25 heavy (non-hydrogen) atoms. The number of anilines is 1. The molecular formula is C15H10F3N3O2S2. The molecule has 0 atom stereocenters. The molecule has 0 unspecified atom stereocenters. The SMILES string of the molecule is O=C(Nc1nc(-c2cccs2)cs1)c1cccnc1OCC(F)(F)F. The summed E-state index contributed by atoms with van der Waals surface area (Å²) in [6.07, 6.45) is -3.27. The molecule has 0 aromatic carbocycles. The van der Waals surface area contributed by atoms with Gasteiger partial charge in [0.25, 0.3) is 5.91 Å². The summed E-state index contributed by atoms with van der Waals surface area (Å²) in [7, 11) is 0. The van der Waals surface area contributed by atoms with Gasteiger partial charge >= 0.3 is 6.18 Å². The summed E-state index contributed by atoms with van der Waals surface area (Å²) >= 11 is 2.73. The minimum atomic E-state index is -4.52. The fraction of sp³-hybridized carbons (Fsp3) is 0.133. The van der Waals surface area contributed by atoms with Gasteiger partial charge < -0.3 is 4.74 Å². The number of pyridine rings is 1. The van der Waals surface area contributed by atoms with Crippen LogP contribution in [-0.4, -0.2) is 28.7 Å². The van der Waals surface area contributed by atoms with E-state index in [1.54, 1.807) is 5.38 Å². The number of carbonyl (C=O) groups is 1. The fourth-order valence-corrected chi connectivity index (χ4v) is 3.33. The maximum atomic E-state index is 12.3. The third-order valence-corrected chi connectivity index (χ3v) is 4.54. The van der Waals surface area contributed by atoms with Gasteiger partial charge in [-0.25, -0.2) is 9.97 Å². The number of thiazole rings is 1. The number of amides is 1. The highest BCUT2D eigenvalue weighted by molar-refractivity contribution is 7.16. The highest BCUT2D eigenvalue weighted by atomic mass is 32.1. The average Bonchev–Trinajstić information content (AvgIpc) is 3.23. The first-order chi connectivity index (χ1) is 11.9. The van der Waals surface area contributed by atoms with Crippen molar-refractivity contribution in [3.63, 3.8) is 0 Å². The molecule has 130 valence electrons. The number of aromatic nitrogens is 2. The lowest BCUT2D eigenvalue weighted by atomic mass is 10.2. The van der Waals surface area contributed by atoms with Crippen molar-refractivity contribution in [1.82, 2.24) is 9.97 Å². The predicted octanol–water partition coefficient (Wildman–Crippen LogP) is 4.46. The Hall–Kier alpha value is -2.46. The van der Waals surface area contributed by atoms with E-state index in [1.807, 2.05) is 17.5 Å². The van der Waals surface area contributed by atoms with Gasteiger partial charge in [-0.05, 0) is 23.6 Å². The Labute approximate surface area is 148 Å². The predicted molar refractivity (Wildman–Crippen MR) is 89.2 cm³/mol. The zero-order valence-electron chi connectivity index (χ0n) is 12.4. The molecule has 0 spiro atoms. The largest absolute Gasteiger partial charge is 0.467 e. The highest BCUT2D eigenvalue weighted by Crippen LogP contribution is 2.29. The summed E-state index contributed by atoms with van der Waals surface area (Å²) in [5.41, 5.74) is 0.620. The van der Waals surface area contributed by atoms with E-state index in [-0.39, 0.29) is 11.4 Å². The molecule has 0 aliphatic heterocycles. The molecule has 0 aliphatic rings. The van der Waals surface area contributed by atoms with Gasteiger partial charge in [0.05, 0.1) is 10.6 Å². The number of hydrogen-bond donors (Lipinski definition) is 1. The lowest BCUT2D eigenvalue weighted by Gasteiger charge is -2.11. The summed E-state index contributed by atoms with van der Waals surface area (Å²) in [5.74, 6) is -1.02. The van der Waals surface area contributed by atoms with Crippen LogP contribution >= 0.6 is 22.7 Å².